The van der Waals surface area contributed by atoms with Crippen molar-refractivity contribution in [1.82, 2.24) is 15.3 Å². The largest absolute Gasteiger partial charge is 0.373 e. The Morgan fingerprint density at radius 3 is 2.72 bits per heavy atom. The Kier molecular flexibility index (Phi) is 3.40. The van der Waals surface area contributed by atoms with Crippen LogP contribution in [0.25, 0.3) is 0 Å². The molecule has 1 atom stereocenters. The number of nitrogens with one attached hydrogen (secondary N) is 3. The lowest BCUT2D eigenvalue weighted by atomic mass is 10.1. The van der Waals surface area contributed by atoms with Gasteiger partial charge in [-0.05, 0) is 13.3 Å². The molecule has 7 heteroatoms. The first-order valence-electron chi connectivity index (χ1n) is 5.72. The fraction of sp³-hybridized carbons (Fsp3) is 0.455. The predicted octanol–water partition coefficient (Wildman–Crippen LogP) is 0.0438. The average molecular weight is 249 g/mol. The summed E-state index contributed by atoms with van der Waals surface area (Å²) in [5, 5.41) is 8.22. The van der Waals surface area contributed by atoms with Gasteiger partial charge >= 0.3 is 0 Å². The first-order chi connectivity index (χ1) is 8.58. The summed E-state index contributed by atoms with van der Waals surface area (Å²) in [7, 11) is 1.76. The van der Waals surface area contributed by atoms with Crippen molar-refractivity contribution in [2.45, 2.75) is 25.8 Å². The number of hydrogen-bond acceptors (Lipinski definition) is 6. The number of carbonyl (C=O) groups is 2. The zero-order valence-corrected chi connectivity index (χ0v) is 10.3. The second-order valence-corrected chi connectivity index (χ2v) is 4.08. The van der Waals surface area contributed by atoms with Crippen LogP contribution in [-0.2, 0) is 9.59 Å². The highest BCUT2D eigenvalue weighted by Gasteiger charge is 2.26. The number of nitrogens with zero attached hydrogens (tertiary/aromatic N) is 2. The summed E-state index contributed by atoms with van der Waals surface area (Å²) in [5.74, 6) is 1.32. The SMILES string of the molecule is CNc1cc(NC2CCC(=O)NC2=O)nc(C)n1. The summed E-state index contributed by atoms with van der Waals surface area (Å²) in [5.41, 5.74) is 0. The highest BCUT2D eigenvalue weighted by atomic mass is 16.2. The van der Waals surface area contributed by atoms with Gasteiger partial charge in [0.05, 0.1) is 0 Å². The van der Waals surface area contributed by atoms with Gasteiger partial charge in [0.25, 0.3) is 0 Å². The Morgan fingerprint density at radius 1 is 1.33 bits per heavy atom. The molecular formula is C11H15N5O2. The van der Waals surface area contributed by atoms with Crippen LogP contribution in [-0.4, -0.2) is 34.9 Å². The number of anilines is 2. The van der Waals surface area contributed by atoms with E-state index in [1.165, 1.54) is 0 Å². The molecule has 1 unspecified atom stereocenters. The molecule has 2 amide bonds. The van der Waals surface area contributed by atoms with E-state index in [0.717, 1.165) is 0 Å². The third kappa shape index (κ3) is 2.73. The van der Waals surface area contributed by atoms with E-state index < -0.39 is 6.04 Å². The van der Waals surface area contributed by atoms with Crippen LogP contribution < -0.4 is 16.0 Å². The van der Waals surface area contributed by atoms with Gasteiger partial charge in [0.15, 0.2) is 0 Å². The Hall–Kier alpha value is -2.18. The number of piperidine rings is 1. The molecule has 1 aromatic heterocycles. The number of aryl methyl sites for hydroxylation is 1. The molecule has 1 aliphatic heterocycles. The zero-order valence-electron chi connectivity index (χ0n) is 10.3. The second kappa shape index (κ2) is 4.99. The fourth-order valence-corrected chi connectivity index (χ4v) is 1.78. The minimum atomic E-state index is -0.429. The fourth-order valence-electron chi connectivity index (χ4n) is 1.78. The Bertz CT molecular complexity index is 488. The maximum atomic E-state index is 11.6. The molecule has 96 valence electrons. The minimum Gasteiger partial charge on any atom is -0.373 e. The van der Waals surface area contributed by atoms with Crippen LogP contribution >= 0.6 is 0 Å². The van der Waals surface area contributed by atoms with E-state index in [-0.39, 0.29) is 11.8 Å². The summed E-state index contributed by atoms with van der Waals surface area (Å²) in [6.07, 6.45) is 0.814. The van der Waals surface area contributed by atoms with E-state index in [4.69, 9.17) is 0 Å². The third-order valence-electron chi connectivity index (χ3n) is 2.66. The maximum absolute atomic E-state index is 11.6. The van der Waals surface area contributed by atoms with E-state index >= 15 is 0 Å². The lowest BCUT2D eigenvalue weighted by Gasteiger charge is -2.22. The van der Waals surface area contributed by atoms with E-state index in [9.17, 15) is 9.59 Å². The molecular weight excluding hydrogens is 234 g/mol. The smallest absolute Gasteiger partial charge is 0.249 e. The normalized spacial score (nSPS) is 19.3. The lowest BCUT2D eigenvalue weighted by molar-refractivity contribution is -0.133. The molecule has 1 aliphatic rings. The molecule has 1 fully saturated rings. The Balaban J connectivity index is 2.11. The van der Waals surface area contributed by atoms with Gasteiger partial charge in [-0.2, -0.15) is 0 Å². The van der Waals surface area contributed by atoms with Crippen molar-refractivity contribution in [2.24, 2.45) is 0 Å². The number of imide groups is 1. The first-order valence-corrected chi connectivity index (χ1v) is 5.72. The molecule has 3 N–H and O–H groups in total. The number of rotatable bonds is 3. The minimum absolute atomic E-state index is 0.229. The number of amides is 2. The molecule has 1 aromatic rings. The highest BCUT2D eigenvalue weighted by molar-refractivity contribution is 6.01. The van der Waals surface area contributed by atoms with Crippen LogP contribution in [0.4, 0.5) is 11.6 Å². The van der Waals surface area contributed by atoms with Crippen LogP contribution in [0.5, 0.6) is 0 Å². The van der Waals surface area contributed by atoms with Crippen LogP contribution in [0.15, 0.2) is 6.07 Å². The molecule has 1 saturated heterocycles. The van der Waals surface area contributed by atoms with Crippen LogP contribution in [0.2, 0.25) is 0 Å². The van der Waals surface area contributed by atoms with Gasteiger partial charge < -0.3 is 10.6 Å². The van der Waals surface area contributed by atoms with Crippen molar-refractivity contribution in [3.8, 4) is 0 Å². The molecule has 0 saturated carbocycles. The molecule has 0 aromatic carbocycles. The number of aromatic nitrogens is 2. The second-order valence-electron chi connectivity index (χ2n) is 4.08. The molecule has 18 heavy (non-hydrogen) atoms. The first kappa shape index (κ1) is 12.3. The highest BCUT2D eigenvalue weighted by Crippen LogP contribution is 2.14. The molecule has 0 aliphatic carbocycles. The molecule has 2 heterocycles. The topological polar surface area (TPSA) is 96.0 Å². The zero-order chi connectivity index (χ0) is 13.1. The number of carbonyl (C=O) groups excluding carboxylic acids is 2. The summed E-state index contributed by atoms with van der Waals surface area (Å²) >= 11 is 0. The molecule has 0 spiro atoms. The van der Waals surface area contributed by atoms with Crippen molar-refractivity contribution in [3.63, 3.8) is 0 Å². The predicted molar refractivity (Wildman–Crippen MR) is 66.1 cm³/mol. The van der Waals surface area contributed by atoms with E-state index in [1.54, 1.807) is 20.0 Å². The third-order valence-corrected chi connectivity index (χ3v) is 2.66. The molecule has 0 radical (unpaired) electrons. The van der Waals surface area contributed by atoms with Gasteiger partial charge in [-0.1, -0.05) is 0 Å². The van der Waals surface area contributed by atoms with Crippen LogP contribution in [0, 0.1) is 6.92 Å². The Morgan fingerprint density at radius 2 is 2.06 bits per heavy atom. The van der Waals surface area contributed by atoms with Crippen molar-refractivity contribution < 1.29 is 9.59 Å². The average Bonchev–Trinajstić information content (AvgIpc) is 2.32. The molecule has 7 nitrogen and oxygen atoms in total. The van der Waals surface area contributed by atoms with E-state index in [2.05, 4.69) is 25.9 Å². The van der Waals surface area contributed by atoms with Gasteiger partial charge in [-0.15, -0.1) is 0 Å². The quantitative estimate of drug-likeness (QED) is 0.655. The molecule has 2 rings (SSSR count). The van der Waals surface area contributed by atoms with Crippen LogP contribution in [0.1, 0.15) is 18.7 Å². The molecule has 0 bridgehead atoms. The van der Waals surface area contributed by atoms with Crippen molar-refractivity contribution >= 4 is 23.5 Å². The lowest BCUT2D eigenvalue weighted by Crippen LogP contribution is -2.47. The Labute approximate surface area is 104 Å². The van der Waals surface area contributed by atoms with Gasteiger partial charge in [0.1, 0.15) is 23.5 Å². The summed E-state index contributed by atoms with van der Waals surface area (Å²) < 4.78 is 0. The van der Waals surface area contributed by atoms with E-state index in [1.807, 2.05) is 0 Å². The van der Waals surface area contributed by atoms with Gasteiger partial charge in [-0.3, -0.25) is 14.9 Å². The summed E-state index contributed by atoms with van der Waals surface area (Å²) in [6, 6.07) is 1.29. The summed E-state index contributed by atoms with van der Waals surface area (Å²) in [6.45, 7) is 1.77. The monoisotopic (exact) mass is 249 g/mol. The van der Waals surface area contributed by atoms with Crippen molar-refractivity contribution in [3.05, 3.63) is 11.9 Å². The van der Waals surface area contributed by atoms with Gasteiger partial charge in [0, 0.05) is 19.5 Å². The van der Waals surface area contributed by atoms with E-state index in [0.29, 0.717) is 30.3 Å². The summed E-state index contributed by atoms with van der Waals surface area (Å²) in [4.78, 5) is 31.0. The maximum Gasteiger partial charge on any atom is 0.249 e. The van der Waals surface area contributed by atoms with Gasteiger partial charge in [0.2, 0.25) is 11.8 Å². The van der Waals surface area contributed by atoms with Crippen molar-refractivity contribution in [2.75, 3.05) is 17.7 Å². The standard InChI is InChI=1S/C11H15N5O2/c1-6-13-8(12-2)5-9(14-6)15-7-3-4-10(17)16-11(7)18/h5,7H,3-4H2,1-2H3,(H,16,17,18)(H2,12,13,14,15). The number of hydrogen-bond donors (Lipinski definition) is 3. The van der Waals surface area contributed by atoms with Crippen LogP contribution in [0.3, 0.4) is 0 Å². The van der Waals surface area contributed by atoms with Crippen molar-refractivity contribution in [1.29, 1.82) is 0 Å². The van der Waals surface area contributed by atoms with Gasteiger partial charge in [-0.25, -0.2) is 9.97 Å².